The maximum atomic E-state index is 10.1. The fourth-order valence-corrected chi connectivity index (χ4v) is 2.37. The van der Waals surface area contributed by atoms with E-state index in [2.05, 4.69) is 22.0 Å². The molecular weight excluding hydrogens is 290 g/mol. The van der Waals surface area contributed by atoms with Crippen molar-refractivity contribution in [2.24, 2.45) is 0 Å². The first-order valence-electron chi connectivity index (χ1n) is 5.53. The Morgan fingerprint density at radius 2 is 1.89 bits per heavy atom. The van der Waals surface area contributed by atoms with Gasteiger partial charge in [-0.3, -0.25) is 0 Å². The van der Waals surface area contributed by atoms with Crippen LogP contribution >= 0.6 is 15.9 Å². The zero-order valence-corrected chi connectivity index (χ0v) is 11.7. The second-order valence-corrected chi connectivity index (χ2v) is 5.07. The molecule has 0 heterocycles. The van der Waals surface area contributed by atoms with Gasteiger partial charge in [-0.15, -0.1) is 0 Å². The zero-order valence-electron chi connectivity index (χ0n) is 10.2. The molecule has 90 valence electrons. The summed E-state index contributed by atoms with van der Waals surface area (Å²) >= 11 is 3.28. The molecule has 2 nitrogen and oxygen atoms in total. The normalized spacial score (nSPS) is 10.1. The lowest BCUT2D eigenvalue weighted by atomic mass is 9.95. The summed E-state index contributed by atoms with van der Waals surface area (Å²) in [6.45, 7) is 4.04. The molecule has 0 fully saturated rings. The molecule has 0 spiro atoms. The summed E-state index contributed by atoms with van der Waals surface area (Å²) in [7, 11) is 0. The van der Waals surface area contributed by atoms with Crippen LogP contribution in [0.15, 0.2) is 34.8 Å². The van der Waals surface area contributed by atoms with Crippen LogP contribution in [0.4, 0.5) is 0 Å². The van der Waals surface area contributed by atoms with Crippen LogP contribution in [-0.2, 0) is 0 Å². The van der Waals surface area contributed by atoms with E-state index in [0.717, 1.165) is 16.7 Å². The third kappa shape index (κ3) is 2.12. The second-order valence-electron chi connectivity index (χ2n) is 4.21. The number of nitriles is 1. The third-order valence-electron chi connectivity index (χ3n) is 3.09. The maximum Gasteiger partial charge on any atom is 0.137 e. The molecule has 2 aromatic carbocycles. The van der Waals surface area contributed by atoms with Gasteiger partial charge >= 0.3 is 0 Å². The molecule has 0 aliphatic carbocycles. The van der Waals surface area contributed by atoms with Gasteiger partial charge in [0.25, 0.3) is 0 Å². The van der Waals surface area contributed by atoms with Gasteiger partial charge in [-0.2, -0.15) is 5.26 Å². The number of hydrogen-bond acceptors (Lipinski definition) is 2. The van der Waals surface area contributed by atoms with E-state index < -0.39 is 0 Å². The van der Waals surface area contributed by atoms with E-state index in [1.165, 1.54) is 0 Å². The summed E-state index contributed by atoms with van der Waals surface area (Å²) in [6, 6.07) is 11.3. The maximum absolute atomic E-state index is 10.1. The number of halogens is 1. The van der Waals surface area contributed by atoms with Crippen molar-refractivity contribution in [3.8, 4) is 22.9 Å². The van der Waals surface area contributed by atoms with Crippen LogP contribution in [0.5, 0.6) is 5.75 Å². The fourth-order valence-electron chi connectivity index (χ4n) is 1.91. The highest BCUT2D eigenvalue weighted by Crippen LogP contribution is 2.38. The van der Waals surface area contributed by atoms with E-state index in [1.807, 2.05) is 32.0 Å². The second kappa shape index (κ2) is 4.83. The third-order valence-corrected chi connectivity index (χ3v) is 3.69. The van der Waals surface area contributed by atoms with E-state index >= 15 is 0 Å². The van der Waals surface area contributed by atoms with Crippen LogP contribution in [0, 0.1) is 25.2 Å². The van der Waals surface area contributed by atoms with Crippen molar-refractivity contribution >= 4 is 15.9 Å². The van der Waals surface area contributed by atoms with E-state index in [1.54, 1.807) is 12.1 Å². The number of aromatic hydroxyl groups is 1. The smallest absolute Gasteiger partial charge is 0.137 e. The Balaban J connectivity index is 2.75. The fraction of sp³-hybridized carbons (Fsp3) is 0.133. The molecule has 0 aromatic heterocycles. The molecule has 0 unspecified atom stereocenters. The Hall–Kier alpha value is -1.79. The van der Waals surface area contributed by atoms with E-state index in [4.69, 9.17) is 5.26 Å². The van der Waals surface area contributed by atoms with Crippen LogP contribution < -0.4 is 0 Å². The van der Waals surface area contributed by atoms with Crippen molar-refractivity contribution in [3.63, 3.8) is 0 Å². The number of phenolic OH excluding ortho intramolecular Hbond substituents is 1. The predicted octanol–water partition coefficient (Wildman–Crippen LogP) is 4.31. The first-order valence-corrected chi connectivity index (χ1v) is 6.33. The number of benzene rings is 2. The highest BCUT2D eigenvalue weighted by molar-refractivity contribution is 9.10. The minimum atomic E-state index is 0.169. The molecule has 18 heavy (non-hydrogen) atoms. The highest BCUT2D eigenvalue weighted by atomic mass is 79.9. The Bertz CT molecular complexity index is 656. The minimum absolute atomic E-state index is 0.169. The molecule has 0 saturated heterocycles. The number of hydrogen-bond donors (Lipinski definition) is 1. The summed E-state index contributed by atoms with van der Waals surface area (Å²) < 4.78 is 0.539. The van der Waals surface area contributed by atoms with E-state index in [9.17, 15) is 5.11 Å². The van der Waals surface area contributed by atoms with Gasteiger partial charge in [-0.05, 0) is 58.6 Å². The number of nitrogens with zero attached hydrogens (tertiary/aromatic N) is 1. The molecule has 1 N–H and O–H groups in total. The average Bonchev–Trinajstić information content (AvgIpc) is 2.36. The average molecular weight is 302 g/mol. The van der Waals surface area contributed by atoms with Gasteiger partial charge in [0, 0.05) is 5.56 Å². The molecule has 0 aliphatic heterocycles. The summed E-state index contributed by atoms with van der Waals surface area (Å²) in [4.78, 5) is 0. The van der Waals surface area contributed by atoms with Gasteiger partial charge in [0.05, 0.1) is 16.1 Å². The van der Waals surface area contributed by atoms with Crippen molar-refractivity contribution < 1.29 is 5.11 Å². The molecule has 0 radical (unpaired) electrons. The van der Waals surface area contributed by atoms with Crippen LogP contribution in [0.25, 0.3) is 11.1 Å². The Labute approximate surface area is 115 Å². The Kier molecular flexibility index (Phi) is 3.40. The van der Waals surface area contributed by atoms with Gasteiger partial charge in [0.15, 0.2) is 0 Å². The lowest BCUT2D eigenvalue weighted by Gasteiger charge is -2.12. The van der Waals surface area contributed by atoms with Gasteiger partial charge in [0.1, 0.15) is 5.75 Å². The number of aryl methyl sites for hydroxylation is 1. The van der Waals surface area contributed by atoms with Crippen LogP contribution in [0.2, 0.25) is 0 Å². The van der Waals surface area contributed by atoms with Crippen LogP contribution in [0.3, 0.4) is 0 Å². The SMILES string of the molecule is Cc1cccc(-c2cc(C#N)cc(Br)c2O)c1C. The first kappa shape index (κ1) is 12.7. The quantitative estimate of drug-likeness (QED) is 0.853. The lowest BCUT2D eigenvalue weighted by Crippen LogP contribution is -1.89. The highest BCUT2D eigenvalue weighted by Gasteiger charge is 2.12. The van der Waals surface area contributed by atoms with E-state index in [0.29, 0.717) is 15.6 Å². The zero-order chi connectivity index (χ0) is 13.3. The molecular formula is C15H12BrNO. The summed E-state index contributed by atoms with van der Waals surface area (Å²) in [5.74, 6) is 0.169. The lowest BCUT2D eigenvalue weighted by molar-refractivity contribution is 0.474. The summed E-state index contributed by atoms with van der Waals surface area (Å²) in [6.07, 6.45) is 0. The van der Waals surface area contributed by atoms with Crippen molar-refractivity contribution in [3.05, 3.63) is 51.5 Å². The van der Waals surface area contributed by atoms with Crippen LogP contribution in [0.1, 0.15) is 16.7 Å². The van der Waals surface area contributed by atoms with Crippen LogP contribution in [-0.4, -0.2) is 5.11 Å². The first-order chi connectivity index (χ1) is 8.54. The van der Waals surface area contributed by atoms with Crippen molar-refractivity contribution in [2.75, 3.05) is 0 Å². The molecule has 2 rings (SSSR count). The molecule has 0 bridgehead atoms. The van der Waals surface area contributed by atoms with Crippen molar-refractivity contribution in [1.29, 1.82) is 5.26 Å². The van der Waals surface area contributed by atoms with Crippen molar-refractivity contribution in [1.82, 2.24) is 0 Å². The molecule has 0 aliphatic rings. The molecule has 0 atom stereocenters. The standard InChI is InChI=1S/C15H12BrNO/c1-9-4-3-5-12(10(9)2)13-6-11(8-17)7-14(16)15(13)18/h3-7,18H,1-2H3. The largest absolute Gasteiger partial charge is 0.506 e. The molecule has 3 heteroatoms. The van der Waals surface area contributed by atoms with Gasteiger partial charge in [0.2, 0.25) is 0 Å². The predicted molar refractivity (Wildman–Crippen MR) is 75.4 cm³/mol. The number of phenols is 1. The molecule has 0 saturated carbocycles. The summed E-state index contributed by atoms with van der Waals surface area (Å²) in [5.41, 5.74) is 4.42. The number of rotatable bonds is 1. The Morgan fingerprint density at radius 1 is 1.17 bits per heavy atom. The van der Waals surface area contributed by atoms with E-state index in [-0.39, 0.29) is 5.75 Å². The molecule has 0 amide bonds. The van der Waals surface area contributed by atoms with Gasteiger partial charge < -0.3 is 5.11 Å². The Morgan fingerprint density at radius 3 is 2.56 bits per heavy atom. The minimum Gasteiger partial charge on any atom is -0.506 e. The van der Waals surface area contributed by atoms with Crippen molar-refractivity contribution in [2.45, 2.75) is 13.8 Å². The van der Waals surface area contributed by atoms with Gasteiger partial charge in [-0.25, -0.2) is 0 Å². The molecule has 2 aromatic rings. The summed E-state index contributed by atoms with van der Waals surface area (Å²) in [5, 5.41) is 19.1. The monoisotopic (exact) mass is 301 g/mol. The van der Waals surface area contributed by atoms with Gasteiger partial charge in [-0.1, -0.05) is 18.2 Å². The topological polar surface area (TPSA) is 44.0 Å².